The van der Waals surface area contributed by atoms with Gasteiger partial charge in [-0.15, -0.1) is 0 Å². The van der Waals surface area contributed by atoms with Crippen LogP contribution in [0.1, 0.15) is 232 Å². The summed E-state index contributed by atoms with van der Waals surface area (Å²) in [7, 11) is 1.11. The van der Waals surface area contributed by atoms with Gasteiger partial charge in [-0.2, -0.15) is 0 Å². The summed E-state index contributed by atoms with van der Waals surface area (Å²) in [4.78, 5) is 38.1. The van der Waals surface area contributed by atoms with Gasteiger partial charge in [0.2, 0.25) is 0 Å². The van der Waals surface area contributed by atoms with Crippen molar-refractivity contribution in [3.8, 4) is 0 Å². The van der Waals surface area contributed by atoms with Crippen LogP contribution in [0, 0.1) is 0 Å². The normalized spacial score (nSPS) is 14.5. The molecule has 0 amide bonds. The Morgan fingerprint density at radius 3 is 0.870 bits per heavy atom. The van der Waals surface area contributed by atoms with Crippen LogP contribution < -0.4 is 4.89 Å². The van der Waals surface area contributed by atoms with E-state index in [9.17, 15) is 19.0 Å². The number of rotatable bonds is 62. The smallest absolute Gasteiger partial charge is 0.306 e. The number of unbranched alkanes of at least 4 members (excludes halogenated alkanes) is 12. The van der Waals surface area contributed by atoms with Gasteiger partial charge in [-0.3, -0.25) is 14.2 Å². The predicted molar refractivity (Wildman–Crippen MR) is 396 cm³/mol. The molecule has 0 aliphatic heterocycles. The van der Waals surface area contributed by atoms with E-state index in [0.717, 1.165) is 180 Å². The third-order valence-electron chi connectivity index (χ3n) is 14.0. The Kier molecular flexibility index (Phi) is 65.4. The van der Waals surface area contributed by atoms with Crippen LogP contribution in [0.15, 0.2) is 219 Å². The second-order valence-electron chi connectivity index (χ2n) is 23.8. The van der Waals surface area contributed by atoms with Crippen molar-refractivity contribution in [2.24, 2.45) is 0 Å². The lowest BCUT2D eigenvalue weighted by atomic mass is 10.1. The zero-order valence-corrected chi connectivity index (χ0v) is 59.3. The molecule has 92 heavy (non-hydrogen) atoms. The lowest BCUT2D eigenvalue weighted by Crippen LogP contribution is -2.37. The van der Waals surface area contributed by atoms with Crippen molar-refractivity contribution in [1.82, 2.24) is 0 Å². The highest BCUT2D eigenvalue weighted by Crippen LogP contribution is 2.38. The molecule has 2 unspecified atom stereocenters. The number of carbonyl (C=O) groups is 2. The second kappa shape index (κ2) is 69.7. The summed E-state index contributed by atoms with van der Waals surface area (Å²) >= 11 is 0. The van der Waals surface area contributed by atoms with Crippen LogP contribution in [-0.2, 0) is 32.7 Å². The van der Waals surface area contributed by atoms with E-state index in [1.807, 2.05) is 21.1 Å². The van der Waals surface area contributed by atoms with E-state index in [0.29, 0.717) is 23.9 Å². The molecule has 0 N–H and O–H groups in total. The minimum atomic E-state index is -4.67. The molecule has 10 heteroatoms. The molecule has 0 radical (unpaired) electrons. The first-order chi connectivity index (χ1) is 45.0. The molecule has 2 atom stereocenters. The van der Waals surface area contributed by atoms with Crippen molar-refractivity contribution in [1.29, 1.82) is 0 Å². The summed E-state index contributed by atoms with van der Waals surface area (Å²) < 4.78 is 34.3. The molecule has 0 aliphatic rings. The molecule has 0 saturated carbocycles. The Hall–Kier alpha value is -5.67. The lowest BCUT2D eigenvalue weighted by molar-refractivity contribution is -0.870. The molecule has 0 aromatic rings. The van der Waals surface area contributed by atoms with E-state index in [-0.39, 0.29) is 26.1 Å². The van der Waals surface area contributed by atoms with Crippen molar-refractivity contribution >= 4 is 19.8 Å². The number of carbonyl (C=O) groups excluding carboxylic acids is 2. The van der Waals surface area contributed by atoms with Gasteiger partial charge in [0.1, 0.15) is 19.8 Å². The van der Waals surface area contributed by atoms with Gasteiger partial charge >= 0.3 is 11.9 Å². The fourth-order valence-corrected chi connectivity index (χ4v) is 9.37. The average Bonchev–Trinajstić information content (AvgIpc) is 2.14. The molecule has 0 aromatic carbocycles. The Balaban J connectivity index is 4.23. The highest BCUT2D eigenvalue weighted by atomic mass is 31.2. The number of esters is 2. The van der Waals surface area contributed by atoms with Crippen molar-refractivity contribution < 1.29 is 42.1 Å². The van der Waals surface area contributed by atoms with E-state index in [1.165, 1.54) is 12.8 Å². The van der Waals surface area contributed by atoms with E-state index < -0.39 is 32.5 Å². The Morgan fingerprint density at radius 2 is 0.587 bits per heavy atom. The molecule has 0 rings (SSSR count). The van der Waals surface area contributed by atoms with Crippen LogP contribution in [0.5, 0.6) is 0 Å². The van der Waals surface area contributed by atoms with Crippen LogP contribution in [0.4, 0.5) is 0 Å². The van der Waals surface area contributed by atoms with Crippen molar-refractivity contribution in [2.45, 2.75) is 238 Å². The number of likely N-dealkylation sites (N-methyl/N-ethyl adjacent to an activating group) is 1. The Bertz CT molecular complexity index is 2360. The van der Waals surface area contributed by atoms with Crippen LogP contribution in [0.2, 0.25) is 0 Å². The zero-order chi connectivity index (χ0) is 66.9. The van der Waals surface area contributed by atoms with Gasteiger partial charge in [0.25, 0.3) is 7.82 Å². The molecule has 0 fully saturated rings. The number of phosphoric ester groups is 1. The third kappa shape index (κ3) is 73.4. The largest absolute Gasteiger partial charge is 0.756 e. The molecule has 0 aromatic heterocycles. The van der Waals surface area contributed by atoms with Gasteiger partial charge in [0.05, 0.1) is 27.7 Å². The molecule has 0 saturated heterocycles. The molecular formula is C82H128NO8P. The fraction of sp³-hybridized carbons (Fsp3) is 0.537. The standard InChI is InChI=1S/C82H128NO8P/c1-6-8-10-12-14-16-18-20-22-24-26-28-30-32-34-36-38-40-41-43-45-47-49-51-53-55-57-59-61-63-65-67-69-71-73-75-82(85)91-80(79-90-92(86,87)89-77-76-83(3,4)5)78-88-81(84)74-72-70-68-66-64-62-60-58-56-54-52-50-48-46-44-42-39-37-35-33-31-29-27-25-23-21-19-17-15-13-11-9-7-2/h8-11,14-17,20-23,26-29,32-35,38-40,42-43,45-46,48-49,51-52,54-55,57-58,60,80H,6-7,12-13,18-19,24-25,30-31,36-37,41,44,47,50,53,56,59,61-79H2,1-5H3/b10-8-,11-9-,16-14-,17-15-,22-20-,23-21-,28-26-,29-27-,34-32-,35-33-,40-38-,42-39-,45-43-,48-46-,51-49-,54-52-,57-55-,60-58-. The van der Waals surface area contributed by atoms with Gasteiger partial charge in [0, 0.05) is 12.8 Å². The van der Waals surface area contributed by atoms with Gasteiger partial charge < -0.3 is 27.9 Å². The van der Waals surface area contributed by atoms with Crippen LogP contribution in [0.3, 0.4) is 0 Å². The topological polar surface area (TPSA) is 111 Å². The summed E-state index contributed by atoms with van der Waals surface area (Å²) in [5.41, 5.74) is 0. The maximum Gasteiger partial charge on any atom is 0.306 e. The fourth-order valence-electron chi connectivity index (χ4n) is 8.64. The minimum Gasteiger partial charge on any atom is -0.756 e. The molecule has 0 bridgehead atoms. The van der Waals surface area contributed by atoms with E-state index >= 15 is 0 Å². The van der Waals surface area contributed by atoms with E-state index in [4.69, 9.17) is 18.5 Å². The van der Waals surface area contributed by atoms with Crippen LogP contribution in [0.25, 0.3) is 0 Å². The molecule has 9 nitrogen and oxygen atoms in total. The third-order valence-corrected chi connectivity index (χ3v) is 15.0. The van der Waals surface area contributed by atoms with E-state index in [1.54, 1.807) is 0 Å². The zero-order valence-electron chi connectivity index (χ0n) is 58.4. The average molecular weight is 1290 g/mol. The quantitative estimate of drug-likeness (QED) is 0.0195. The Morgan fingerprint density at radius 1 is 0.337 bits per heavy atom. The van der Waals surface area contributed by atoms with Gasteiger partial charge in [-0.1, -0.05) is 284 Å². The molecule has 514 valence electrons. The SMILES string of the molecule is CC/C=C\C/C=C\C/C=C\C/C=C\C/C=C\C/C=C\C/C=C\C/C=C\C/C=C\CCCCCCCCCC(=O)OC(COC(=O)CCCCCCC/C=C\C/C=C\C/C=C\C/C=C\C/C=C\C/C=C\C/C=C\C/C=C\C/C=C\CC)COP(=O)([O-])OCC[N+](C)(C)C. The van der Waals surface area contributed by atoms with Gasteiger partial charge in [0.15, 0.2) is 6.10 Å². The maximum absolute atomic E-state index is 12.9. The summed E-state index contributed by atoms with van der Waals surface area (Å²) in [6.45, 7) is 3.94. The minimum absolute atomic E-state index is 0.0496. The first-order valence-corrected chi connectivity index (χ1v) is 36.9. The van der Waals surface area contributed by atoms with Crippen molar-refractivity contribution in [2.75, 3.05) is 47.5 Å². The summed E-state index contributed by atoms with van der Waals surface area (Å²) in [5, 5.41) is 0. The number of quaternary nitrogens is 1. The summed E-state index contributed by atoms with van der Waals surface area (Å²) in [6, 6.07) is 0. The number of ether oxygens (including phenoxy) is 2. The monoisotopic (exact) mass is 1290 g/mol. The van der Waals surface area contributed by atoms with Gasteiger partial charge in [-0.05, 0) is 154 Å². The van der Waals surface area contributed by atoms with E-state index in [2.05, 4.69) is 233 Å². The highest BCUT2D eigenvalue weighted by molar-refractivity contribution is 7.45. The maximum atomic E-state index is 12.9. The molecule has 0 aliphatic carbocycles. The summed E-state index contributed by atoms with van der Waals surface area (Å²) in [5.74, 6) is -0.887. The van der Waals surface area contributed by atoms with Crippen molar-refractivity contribution in [3.63, 3.8) is 0 Å². The number of allylic oxidation sites excluding steroid dienone is 36. The van der Waals surface area contributed by atoms with Crippen LogP contribution in [-0.4, -0.2) is 70.0 Å². The lowest BCUT2D eigenvalue weighted by Gasteiger charge is -2.28. The number of phosphoric acid groups is 1. The number of hydrogen-bond acceptors (Lipinski definition) is 8. The van der Waals surface area contributed by atoms with Gasteiger partial charge in [-0.25, -0.2) is 0 Å². The first-order valence-electron chi connectivity index (χ1n) is 35.4. The Labute approximate surface area is 563 Å². The first kappa shape index (κ1) is 86.3. The highest BCUT2D eigenvalue weighted by Gasteiger charge is 2.22. The predicted octanol–water partition coefficient (Wildman–Crippen LogP) is 23.0. The van der Waals surface area contributed by atoms with Crippen LogP contribution >= 0.6 is 7.82 Å². The van der Waals surface area contributed by atoms with Crippen molar-refractivity contribution in [3.05, 3.63) is 219 Å². The molecule has 0 heterocycles. The number of nitrogens with zero attached hydrogens (tertiary/aromatic N) is 1. The molecular weight excluding hydrogens is 1160 g/mol. The molecule has 0 spiro atoms. The number of hydrogen-bond donors (Lipinski definition) is 0. The summed E-state index contributed by atoms with van der Waals surface area (Å²) in [6.07, 6.45) is 111. The second-order valence-corrected chi connectivity index (χ2v) is 25.2.